The van der Waals surface area contributed by atoms with Gasteiger partial charge in [-0.3, -0.25) is 4.79 Å². The maximum atomic E-state index is 13.4. The van der Waals surface area contributed by atoms with Gasteiger partial charge in [0.1, 0.15) is 11.9 Å². The molecule has 0 aliphatic carbocycles. The number of rotatable bonds is 7. The van der Waals surface area contributed by atoms with Crippen LogP contribution in [0.15, 0.2) is 35.7 Å². The van der Waals surface area contributed by atoms with E-state index >= 15 is 0 Å². The Morgan fingerprint density at radius 3 is 2.58 bits per heavy atom. The second-order valence-corrected chi connectivity index (χ2v) is 10.9. The summed E-state index contributed by atoms with van der Waals surface area (Å²) in [6.45, 7) is 3.91. The zero-order valence-corrected chi connectivity index (χ0v) is 20.8. The predicted molar refractivity (Wildman–Crippen MR) is 125 cm³/mol. The molecular formula is C22H33N5O5S. The molecule has 1 aromatic carbocycles. The largest absolute Gasteiger partial charge is 0.488 e. The van der Waals surface area contributed by atoms with E-state index in [9.17, 15) is 18.3 Å². The topological polar surface area (TPSA) is 108 Å². The fourth-order valence-electron chi connectivity index (χ4n) is 3.74. The summed E-state index contributed by atoms with van der Waals surface area (Å²) in [5, 5.41) is 9.73. The van der Waals surface area contributed by atoms with E-state index in [4.69, 9.17) is 4.74 Å². The van der Waals surface area contributed by atoms with Crippen molar-refractivity contribution >= 4 is 21.6 Å². The number of likely N-dealkylation sites (N-methyl/N-ethyl adjacent to an activating group) is 1. The second kappa shape index (κ2) is 9.70. The van der Waals surface area contributed by atoms with Gasteiger partial charge in [0.25, 0.3) is 15.9 Å². The Bertz CT molecular complexity index is 1100. The Balaban J connectivity index is 1.98. The lowest BCUT2D eigenvalue weighted by Gasteiger charge is -2.38. The van der Waals surface area contributed by atoms with Crippen molar-refractivity contribution in [2.45, 2.75) is 31.0 Å². The lowest BCUT2D eigenvalue weighted by molar-refractivity contribution is 0.0387. The predicted octanol–water partition coefficient (Wildman–Crippen LogP) is 1.03. The van der Waals surface area contributed by atoms with Crippen molar-refractivity contribution in [3.05, 3.63) is 36.3 Å². The number of carbonyl (C=O) groups is 1. The third-order valence-electron chi connectivity index (χ3n) is 5.96. The number of anilines is 1. The van der Waals surface area contributed by atoms with Gasteiger partial charge in [0.2, 0.25) is 0 Å². The number of fused-ring (bicyclic) bond motifs is 1. The third kappa shape index (κ3) is 5.15. The summed E-state index contributed by atoms with van der Waals surface area (Å²) < 4.78 is 35.1. The van der Waals surface area contributed by atoms with E-state index in [0.29, 0.717) is 17.9 Å². The van der Waals surface area contributed by atoms with Gasteiger partial charge >= 0.3 is 0 Å². The molecule has 11 heteroatoms. The number of hydrogen-bond acceptors (Lipinski definition) is 7. The van der Waals surface area contributed by atoms with E-state index in [0.717, 1.165) is 5.69 Å². The Labute approximate surface area is 195 Å². The van der Waals surface area contributed by atoms with Crippen molar-refractivity contribution in [1.82, 2.24) is 18.8 Å². The van der Waals surface area contributed by atoms with Crippen LogP contribution in [0, 0.1) is 5.92 Å². The molecule has 0 saturated heterocycles. The molecule has 0 unspecified atom stereocenters. The highest BCUT2D eigenvalue weighted by Crippen LogP contribution is 2.31. The Kier molecular flexibility index (Phi) is 7.35. The maximum absolute atomic E-state index is 13.4. The fraction of sp³-hybridized carbons (Fsp3) is 0.545. The Morgan fingerprint density at radius 1 is 1.30 bits per heavy atom. The van der Waals surface area contributed by atoms with Crippen LogP contribution in [-0.4, -0.2) is 91.2 Å². The highest BCUT2D eigenvalue weighted by molar-refractivity contribution is 7.89. The second-order valence-electron chi connectivity index (χ2n) is 8.86. The summed E-state index contributed by atoms with van der Waals surface area (Å²) >= 11 is 0. The number of imidazole rings is 1. The van der Waals surface area contributed by atoms with Gasteiger partial charge in [0.05, 0.1) is 31.1 Å². The van der Waals surface area contributed by atoms with Crippen LogP contribution in [0.4, 0.5) is 5.69 Å². The first kappa shape index (κ1) is 25.0. The van der Waals surface area contributed by atoms with Gasteiger partial charge in [0.15, 0.2) is 5.03 Å². The number of aliphatic hydroxyl groups is 1. The molecule has 0 saturated carbocycles. The number of amides is 1. The molecular weight excluding hydrogens is 446 g/mol. The lowest BCUT2D eigenvalue weighted by atomic mass is 9.99. The van der Waals surface area contributed by atoms with E-state index in [1.165, 1.54) is 23.9 Å². The first-order chi connectivity index (χ1) is 15.4. The summed E-state index contributed by atoms with van der Waals surface area (Å²) in [5.41, 5.74) is 1.22. The van der Waals surface area contributed by atoms with Crippen LogP contribution in [0.1, 0.15) is 24.2 Å². The average Bonchev–Trinajstić information content (AvgIpc) is 3.22. The van der Waals surface area contributed by atoms with E-state index in [2.05, 4.69) is 4.98 Å². The zero-order valence-electron chi connectivity index (χ0n) is 20.0. The van der Waals surface area contributed by atoms with Crippen molar-refractivity contribution in [2.75, 3.05) is 45.7 Å². The van der Waals surface area contributed by atoms with Gasteiger partial charge in [-0.1, -0.05) is 6.92 Å². The molecule has 3 atom stereocenters. The number of ether oxygens (including phenoxy) is 1. The van der Waals surface area contributed by atoms with Gasteiger partial charge in [-0.2, -0.15) is 4.31 Å². The molecule has 1 N–H and O–H groups in total. The monoisotopic (exact) mass is 479 g/mol. The Hall–Kier alpha value is -2.63. The molecule has 1 amide bonds. The molecule has 10 nitrogen and oxygen atoms in total. The van der Waals surface area contributed by atoms with Crippen LogP contribution in [-0.2, 0) is 17.1 Å². The standard InChI is InChI=1S/C22H33N5O5S/c1-15-10-27(16(2)13-28)22(29)18-9-17(24(3)4)7-8-19(18)32-20(15)11-26(6)33(30,31)21-12-25(5)14-23-21/h7-9,12,14-16,20,28H,10-11,13H2,1-6H3/t15-,16+,20-/m1/s1. The fourth-order valence-corrected chi connectivity index (χ4v) is 4.88. The molecule has 182 valence electrons. The molecule has 0 fully saturated rings. The molecule has 1 aliphatic rings. The highest BCUT2D eigenvalue weighted by atomic mass is 32.2. The van der Waals surface area contributed by atoms with Crippen LogP contribution in [0.3, 0.4) is 0 Å². The summed E-state index contributed by atoms with van der Waals surface area (Å²) in [7, 11) is 3.16. The maximum Gasteiger partial charge on any atom is 0.261 e. The van der Waals surface area contributed by atoms with Gasteiger partial charge < -0.3 is 24.2 Å². The number of nitrogens with zero attached hydrogens (tertiary/aromatic N) is 5. The number of benzene rings is 1. The van der Waals surface area contributed by atoms with E-state index in [1.807, 2.05) is 32.0 Å². The first-order valence-corrected chi connectivity index (χ1v) is 12.2. The molecule has 0 spiro atoms. The molecule has 33 heavy (non-hydrogen) atoms. The van der Waals surface area contributed by atoms with Crippen molar-refractivity contribution in [3.8, 4) is 5.75 Å². The number of aromatic nitrogens is 2. The molecule has 0 radical (unpaired) electrons. The quantitative estimate of drug-likeness (QED) is 0.632. The summed E-state index contributed by atoms with van der Waals surface area (Å²) in [6, 6.07) is 4.95. The van der Waals surface area contributed by atoms with Crippen molar-refractivity contribution in [2.24, 2.45) is 13.0 Å². The summed E-state index contributed by atoms with van der Waals surface area (Å²) in [6.07, 6.45) is 2.36. The lowest BCUT2D eigenvalue weighted by Crippen LogP contribution is -2.50. The number of aryl methyl sites for hydroxylation is 1. The highest BCUT2D eigenvalue weighted by Gasteiger charge is 2.35. The number of hydrogen-bond donors (Lipinski definition) is 1. The number of sulfonamides is 1. The molecule has 3 rings (SSSR count). The summed E-state index contributed by atoms with van der Waals surface area (Å²) in [5.74, 6) is -0.0399. The number of aliphatic hydroxyl groups excluding tert-OH is 1. The zero-order chi connectivity index (χ0) is 24.5. The Morgan fingerprint density at radius 2 is 2.00 bits per heavy atom. The minimum absolute atomic E-state index is 0.0345. The summed E-state index contributed by atoms with van der Waals surface area (Å²) in [4.78, 5) is 20.9. The SMILES string of the molecule is C[C@@H]1CN([C@@H](C)CO)C(=O)c2cc(N(C)C)ccc2O[C@@H]1CN(C)S(=O)(=O)c1cn(C)cn1. The third-order valence-corrected chi connectivity index (χ3v) is 7.67. The van der Waals surface area contributed by atoms with Crippen LogP contribution in [0.25, 0.3) is 0 Å². The molecule has 0 bridgehead atoms. The minimum atomic E-state index is -3.81. The molecule has 1 aromatic heterocycles. The van der Waals surface area contributed by atoms with E-state index in [1.54, 1.807) is 35.6 Å². The van der Waals surface area contributed by atoms with Gasteiger partial charge in [-0.05, 0) is 25.1 Å². The molecule has 2 aromatic rings. The van der Waals surface area contributed by atoms with Gasteiger partial charge in [-0.25, -0.2) is 13.4 Å². The van der Waals surface area contributed by atoms with Crippen LogP contribution in [0.5, 0.6) is 5.75 Å². The number of carbonyl (C=O) groups excluding carboxylic acids is 1. The van der Waals surface area contributed by atoms with Crippen molar-refractivity contribution < 1.29 is 23.1 Å². The van der Waals surface area contributed by atoms with E-state index in [-0.39, 0.29) is 30.0 Å². The van der Waals surface area contributed by atoms with Crippen LogP contribution < -0.4 is 9.64 Å². The first-order valence-electron chi connectivity index (χ1n) is 10.8. The van der Waals surface area contributed by atoms with Crippen LogP contribution in [0.2, 0.25) is 0 Å². The van der Waals surface area contributed by atoms with E-state index < -0.39 is 22.2 Å². The molecule has 1 aliphatic heterocycles. The normalized spacial score (nSPS) is 20.1. The van der Waals surface area contributed by atoms with Crippen molar-refractivity contribution in [3.63, 3.8) is 0 Å². The smallest absolute Gasteiger partial charge is 0.261 e. The minimum Gasteiger partial charge on any atom is -0.488 e. The molecule has 2 heterocycles. The van der Waals surface area contributed by atoms with Crippen LogP contribution >= 0.6 is 0 Å². The van der Waals surface area contributed by atoms with Gasteiger partial charge in [0, 0.05) is 52.5 Å². The van der Waals surface area contributed by atoms with Crippen molar-refractivity contribution in [1.29, 1.82) is 0 Å². The average molecular weight is 480 g/mol. The van der Waals surface area contributed by atoms with Gasteiger partial charge in [-0.15, -0.1) is 0 Å².